The first-order chi connectivity index (χ1) is 11.1. The van der Waals surface area contributed by atoms with Crippen molar-refractivity contribution in [3.63, 3.8) is 0 Å². The van der Waals surface area contributed by atoms with Crippen LogP contribution in [-0.4, -0.2) is 31.3 Å². The number of aromatic nitrogens is 1. The molecule has 2 aromatic rings. The number of sulfonamides is 1. The molecule has 0 aliphatic heterocycles. The van der Waals surface area contributed by atoms with E-state index in [2.05, 4.69) is 4.98 Å². The van der Waals surface area contributed by atoms with E-state index in [0.29, 0.717) is 18.2 Å². The summed E-state index contributed by atoms with van der Waals surface area (Å²) in [5, 5.41) is 0. The second-order valence-electron chi connectivity index (χ2n) is 5.37. The van der Waals surface area contributed by atoms with Gasteiger partial charge in [0.2, 0.25) is 10.0 Å². The Hall–Kier alpha value is -1.93. The van der Waals surface area contributed by atoms with Gasteiger partial charge in [-0.1, -0.05) is 12.1 Å². The molecule has 0 radical (unpaired) electrons. The molecule has 0 fully saturated rings. The molecule has 0 atom stereocenters. The van der Waals surface area contributed by atoms with Gasteiger partial charge in [-0.25, -0.2) is 12.7 Å². The van der Waals surface area contributed by atoms with Gasteiger partial charge in [-0.3, -0.25) is 4.98 Å². The lowest BCUT2D eigenvalue weighted by atomic mass is 10.1. The summed E-state index contributed by atoms with van der Waals surface area (Å²) >= 11 is 0. The molecule has 4 nitrogen and oxygen atoms in total. The highest BCUT2D eigenvalue weighted by molar-refractivity contribution is 7.89. The summed E-state index contributed by atoms with van der Waals surface area (Å²) in [6.45, 7) is 1.42. The second-order valence-corrected chi connectivity index (χ2v) is 7.42. The summed E-state index contributed by atoms with van der Waals surface area (Å²) in [6.07, 6.45) is -2.63. The molecule has 0 unspecified atom stereocenters. The maximum absolute atomic E-state index is 13.0. The average Bonchev–Trinajstić information content (AvgIpc) is 2.52. The summed E-state index contributed by atoms with van der Waals surface area (Å²) in [7, 11) is -2.66. The summed E-state index contributed by atoms with van der Waals surface area (Å²) in [4.78, 5) is 3.72. The minimum atomic E-state index is -4.60. The van der Waals surface area contributed by atoms with E-state index in [-0.39, 0.29) is 17.0 Å². The molecule has 0 amide bonds. The van der Waals surface area contributed by atoms with E-state index in [1.165, 1.54) is 26.1 Å². The molecule has 0 aliphatic carbocycles. The van der Waals surface area contributed by atoms with Crippen LogP contribution < -0.4 is 0 Å². The Kier molecular flexibility index (Phi) is 5.29. The zero-order chi connectivity index (χ0) is 18.0. The fraction of sp³-hybridized carbons (Fsp3) is 0.312. The van der Waals surface area contributed by atoms with Gasteiger partial charge in [-0.15, -0.1) is 0 Å². The quantitative estimate of drug-likeness (QED) is 0.824. The highest BCUT2D eigenvalue weighted by atomic mass is 32.2. The minimum absolute atomic E-state index is 0.0161. The van der Waals surface area contributed by atoms with Gasteiger partial charge in [0, 0.05) is 31.9 Å². The van der Waals surface area contributed by atoms with Crippen molar-refractivity contribution in [2.75, 3.05) is 13.6 Å². The van der Waals surface area contributed by atoms with Crippen molar-refractivity contribution in [3.05, 3.63) is 59.4 Å². The molecule has 8 heteroatoms. The highest BCUT2D eigenvalue weighted by Crippen LogP contribution is 2.33. The van der Waals surface area contributed by atoms with Crippen LogP contribution in [0.2, 0.25) is 0 Å². The van der Waals surface area contributed by atoms with Crippen molar-refractivity contribution in [1.82, 2.24) is 9.29 Å². The van der Waals surface area contributed by atoms with E-state index in [4.69, 9.17) is 0 Å². The van der Waals surface area contributed by atoms with Crippen molar-refractivity contribution in [2.45, 2.75) is 24.4 Å². The summed E-state index contributed by atoms with van der Waals surface area (Å²) in [5.74, 6) is 0. The predicted molar refractivity (Wildman–Crippen MR) is 83.9 cm³/mol. The molecule has 0 saturated heterocycles. The molecule has 130 valence electrons. The van der Waals surface area contributed by atoms with Crippen LogP contribution in [0.5, 0.6) is 0 Å². The van der Waals surface area contributed by atoms with Crippen molar-refractivity contribution in [1.29, 1.82) is 0 Å². The molecule has 1 heterocycles. The first-order valence-electron chi connectivity index (χ1n) is 7.16. The van der Waals surface area contributed by atoms with Gasteiger partial charge in [-0.2, -0.15) is 13.2 Å². The average molecular weight is 358 g/mol. The SMILES string of the molecule is Cc1ccc(S(=O)(=O)N(C)CCc2ccccn2)cc1C(F)(F)F. The zero-order valence-electron chi connectivity index (χ0n) is 13.2. The van der Waals surface area contributed by atoms with E-state index < -0.39 is 21.8 Å². The van der Waals surface area contributed by atoms with Crippen molar-refractivity contribution >= 4 is 10.0 Å². The number of hydrogen-bond acceptors (Lipinski definition) is 3. The number of hydrogen-bond donors (Lipinski definition) is 0. The lowest BCUT2D eigenvalue weighted by molar-refractivity contribution is -0.138. The molecule has 0 saturated carbocycles. The third-order valence-electron chi connectivity index (χ3n) is 3.63. The molecule has 0 aliphatic rings. The van der Waals surface area contributed by atoms with Crippen LogP contribution in [0, 0.1) is 6.92 Å². The number of rotatable bonds is 5. The first-order valence-corrected chi connectivity index (χ1v) is 8.60. The number of nitrogens with zero attached hydrogens (tertiary/aromatic N) is 2. The Balaban J connectivity index is 2.23. The molecular formula is C16H17F3N2O2S. The van der Waals surface area contributed by atoms with Crippen LogP contribution in [0.3, 0.4) is 0 Å². The Morgan fingerprint density at radius 3 is 2.46 bits per heavy atom. The number of alkyl halides is 3. The van der Waals surface area contributed by atoms with Crippen LogP contribution in [0.1, 0.15) is 16.8 Å². The van der Waals surface area contributed by atoms with Crippen molar-refractivity contribution in [2.24, 2.45) is 0 Å². The predicted octanol–water partition coefficient (Wildman–Crippen LogP) is 3.27. The molecule has 0 bridgehead atoms. The van der Waals surface area contributed by atoms with Crippen LogP contribution in [0.15, 0.2) is 47.5 Å². The van der Waals surface area contributed by atoms with Gasteiger partial charge in [0.05, 0.1) is 10.5 Å². The number of benzene rings is 1. The van der Waals surface area contributed by atoms with Crippen molar-refractivity contribution < 1.29 is 21.6 Å². The summed E-state index contributed by atoms with van der Waals surface area (Å²) in [6, 6.07) is 8.33. The van der Waals surface area contributed by atoms with E-state index in [9.17, 15) is 21.6 Å². The van der Waals surface area contributed by atoms with E-state index in [1.54, 1.807) is 24.4 Å². The lowest BCUT2D eigenvalue weighted by Gasteiger charge is -2.18. The van der Waals surface area contributed by atoms with E-state index >= 15 is 0 Å². The normalized spacial score (nSPS) is 12.6. The Morgan fingerprint density at radius 1 is 1.17 bits per heavy atom. The Morgan fingerprint density at radius 2 is 1.88 bits per heavy atom. The molecule has 0 N–H and O–H groups in total. The fourth-order valence-electron chi connectivity index (χ4n) is 2.19. The molecular weight excluding hydrogens is 341 g/mol. The number of aryl methyl sites for hydroxylation is 1. The lowest BCUT2D eigenvalue weighted by Crippen LogP contribution is -2.29. The number of pyridine rings is 1. The van der Waals surface area contributed by atoms with Crippen LogP contribution in [0.25, 0.3) is 0 Å². The standard InChI is InChI=1S/C16H17F3N2O2S/c1-12-6-7-14(11-15(12)16(17,18)19)24(22,23)21(2)10-8-13-5-3-4-9-20-13/h3-7,9,11H,8,10H2,1-2H3. The number of likely N-dealkylation sites (N-methyl/N-ethyl adjacent to an activating group) is 1. The second kappa shape index (κ2) is 6.90. The van der Waals surface area contributed by atoms with Gasteiger partial charge in [0.15, 0.2) is 0 Å². The third kappa shape index (κ3) is 4.12. The zero-order valence-corrected chi connectivity index (χ0v) is 14.0. The number of halogens is 3. The van der Waals surface area contributed by atoms with E-state index in [0.717, 1.165) is 4.31 Å². The first kappa shape index (κ1) is 18.4. The highest BCUT2D eigenvalue weighted by Gasteiger charge is 2.34. The molecule has 24 heavy (non-hydrogen) atoms. The van der Waals surface area contributed by atoms with Gasteiger partial charge in [-0.05, 0) is 36.8 Å². The smallest absolute Gasteiger partial charge is 0.261 e. The molecule has 1 aromatic heterocycles. The monoisotopic (exact) mass is 358 g/mol. The Bertz CT molecular complexity index is 806. The molecule has 0 spiro atoms. The largest absolute Gasteiger partial charge is 0.416 e. The fourth-order valence-corrected chi connectivity index (χ4v) is 3.38. The minimum Gasteiger partial charge on any atom is -0.261 e. The molecule has 1 aromatic carbocycles. The summed E-state index contributed by atoms with van der Waals surface area (Å²) in [5.41, 5.74) is -0.251. The maximum Gasteiger partial charge on any atom is 0.416 e. The van der Waals surface area contributed by atoms with Gasteiger partial charge in [0.1, 0.15) is 0 Å². The van der Waals surface area contributed by atoms with Gasteiger partial charge >= 0.3 is 6.18 Å². The van der Waals surface area contributed by atoms with Crippen LogP contribution in [0.4, 0.5) is 13.2 Å². The van der Waals surface area contributed by atoms with Gasteiger partial charge in [0.25, 0.3) is 0 Å². The van der Waals surface area contributed by atoms with E-state index in [1.807, 2.05) is 0 Å². The van der Waals surface area contributed by atoms with Gasteiger partial charge < -0.3 is 0 Å². The van der Waals surface area contributed by atoms with Crippen LogP contribution in [-0.2, 0) is 22.6 Å². The van der Waals surface area contributed by atoms with Crippen molar-refractivity contribution in [3.8, 4) is 0 Å². The maximum atomic E-state index is 13.0. The summed E-state index contributed by atoms with van der Waals surface area (Å²) < 4.78 is 64.9. The Labute approximate surface area is 139 Å². The topological polar surface area (TPSA) is 50.3 Å². The third-order valence-corrected chi connectivity index (χ3v) is 5.48. The molecule has 2 rings (SSSR count). The van der Waals surface area contributed by atoms with Crippen LogP contribution >= 0.6 is 0 Å².